The number of esters is 1. The smallest absolute Gasteiger partial charge is 0.331 e. The first-order valence-corrected chi connectivity index (χ1v) is 13.1. The van der Waals surface area contributed by atoms with Crippen LogP contribution in [0.3, 0.4) is 0 Å². The molecule has 0 unspecified atom stereocenters. The lowest BCUT2D eigenvalue weighted by molar-refractivity contribution is -0.946. The molecule has 2 aromatic rings. The Morgan fingerprint density at radius 1 is 1.03 bits per heavy atom. The Morgan fingerprint density at radius 3 is 2.37 bits per heavy atom. The van der Waals surface area contributed by atoms with Crippen LogP contribution in [0.1, 0.15) is 50.2 Å². The van der Waals surface area contributed by atoms with E-state index in [2.05, 4.69) is 24.0 Å². The van der Waals surface area contributed by atoms with Crippen LogP contribution in [0.2, 0.25) is 0 Å². The third kappa shape index (κ3) is 5.35. The van der Waals surface area contributed by atoms with Crippen molar-refractivity contribution in [1.29, 1.82) is 0 Å². The second-order valence-electron chi connectivity index (χ2n) is 10.8. The van der Waals surface area contributed by atoms with E-state index in [0.717, 1.165) is 87.0 Å². The molecular formula is C29H38BrFN2O2. The molecule has 0 spiro atoms. The summed E-state index contributed by atoms with van der Waals surface area (Å²) in [6.45, 7) is 7.89. The number of carbonyl (C=O) groups is 1. The normalized spacial score (nSPS) is 28.1. The highest BCUT2D eigenvalue weighted by Gasteiger charge is 2.50. The maximum Gasteiger partial charge on any atom is 0.331 e. The third-order valence-electron chi connectivity index (χ3n) is 8.84. The molecule has 4 aliphatic heterocycles. The summed E-state index contributed by atoms with van der Waals surface area (Å²) in [6.07, 6.45) is 6.32. The van der Waals surface area contributed by atoms with Gasteiger partial charge >= 0.3 is 5.97 Å². The van der Waals surface area contributed by atoms with Crippen molar-refractivity contribution < 1.29 is 35.4 Å². The Hall–Kier alpha value is -1.76. The monoisotopic (exact) mass is 544 g/mol. The highest BCUT2D eigenvalue weighted by molar-refractivity contribution is 5.82. The van der Waals surface area contributed by atoms with E-state index in [4.69, 9.17) is 4.74 Å². The minimum absolute atomic E-state index is 0. The van der Waals surface area contributed by atoms with Crippen molar-refractivity contribution in [1.82, 2.24) is 4.90 Å². The van der Waals surface area contributed by atoms with Crippen molar-refractivity contribution in [2.75, 3.05) is 39.3 Å². The van der Waals surface area contributed by atoms with Gasteiger partial charge in [0.2, 0.25) is 0 Å². The molecule has 2 atom stereocenters. The van der Waals surface area contributed by atoms with E-state index >= 15 is 0 Å². The van der Waals surface area contributed by atoms with Crippen LogP contribution in [-0.2, 0) is 21.5 Å². The first-order valence-electron chi connectivity index (χ1n) is 13.1. The number of hydrogen-bond donors (Lipinski definition) is 0. The molecule has 0 aromatic heterocycles. The molecule has 0 amide bonds. The van der Waals surface area contributed by atoms with Crippen LogP contribution in [0.5, 0.6) is 0 Å². The molecule has 0 radical (unpaired) electrons. The van der Waals surface area contributed by atoms with Crippen LogP contribution in [0.4, 0.5) is 4.39 Å². The molecule has 4 nitrogen and oxygen atoms in total. The van der Waals surface area contributed by atoms with Gasteiger partial charge in [0, 0.05) is 25.2 Å². The highest BCUT2D eigenvalue weighted by atomic mass is 79.9. The fraction of sp³-hybridized carbons (Fsp3) is 0.552. The number of ether oxygens (including phenoxy) is 1. The summed E-state index contributed by atoms with van der Waals surface area (Å²) in [4.78, 5) is 16.2. The van der Waals surface area contributed by atoms with Crippen molar-refractivity contribution in [3.05, 3.63) is 71.5 Å². The van der Waals surface area contributed by atoms with E-state index in [1.54, 1.807) is 12.1 Å². The Morgan fingerprint density at radius 2 is 1.69 bits per heavy atom. The molecule has 4 aliphatic rings. The zero-order chi connectivity index (χ0) is 23.6. The third-order valence-corrected chi connectivity index (χ3v) is 8.84. The van der Waals surface area contributed by atoms with Crippen LogP contribution in [0, 0.1) is 11.7 Å². The average Bonchev–Trinajstić information content (AvgIpc) is 2.89. The van der Waals surface area contributed by atoms with Gasteiger partial charge in [0.25, 0.3) is 0 Å². The number of halogens is 2. The Labute approximate surface area is 219 Å². The van der Waals surface area contributed by atoms with Crippen molar-refractivity contribution in [2.24, 2.45) is 5.92 Å². The quantitative estimate of drug-likeness (QED) is 0.394. The lowest BCUT2D eigenvalue weighted by atomic mass is 9.82. The van der Waals surface area contributed by atoms with E-state index in [9.17, 15) is 9.18 Å². The van der Waals surface area contributed by atoms with Gasteiger partial charge in [-0.15, -0.1) is 0 Å². The molecule has 190 valence electrons. The first kappa shape index (κ1) is 26.3. The van der Waals surface area contributed by atoms with Crippen molar-refractivity contribution in [3.8, 4) is 0 Å². The number of carbonyl (C=O) groups excluding carboxylic acids is 1. The van der Waals surface area contributed by atoms with Gasteiger partial charge in [-0.25, -0.2) is 9.18 Å². The second kappa shape index (κ2) is 11.1. The molecule has 35 heavy (non-hydrogen) atoms. The maximum absolute atomic E-state index is 14.2. The van der Waals surface area contributed by atoms with Crippen molar-refractivity contribution in [2.45, 2.75) is 57.1 Å². The summed E-state index contributed by atoms with van der Waals surface area (Å²) in [5.74, 6) is 0.223. The van der Waals surface area contributed by atoms with Gasteiger partial charge in [-0.05, 0) is 50.0 Å². The Balaban J connectivity index is 0.00000289. The number of nitrogens with zero attached hydrogens (tertiary/aromatic N) is 2. The minimum atomic E-state index is -0.758. The molecule has 2 aromatic carbocycles. The van der Waals surface area contributed by atoms with Gasteiger partial charge in [0.1, 0.15) is 17.9 Å². The summed E-state index contributed by atoms with van der Waals surface area (Å²) in [7, 11) is 0. The average molecular weight is 546 g/mol. The number of likely N-dealkylation sites (tertiary alicyclic amines) is 1. The van der Waals surface area contributed by atoms with Crippen LogP contribution >= 0.6 is 0 Å². The number of piperidine rings is 4. The fourth-order valence-electron chi connectivity index (χ4n) is 6.51. The van der Waals surface area contributed by atoms with Crippen LogP contribution < -0.4 is 17.0 Å². The molecule has 4 heterocycles. The van der Waals surface area contributed by atoms with Gasteiger partial charge < -0.3 is 26.2 Å². The largest absolute Gasteiger partial charge is 1.00 e. The highest BCUT2D eigenvalue weighted by Crippen LogP contribution is 2.39. The fourth-order valence-corrected chi connectivity index (χ4v) is 6.51. The Kier molecular flexibility index (Phi) is 8.34. The minimum Gasteiger partial charge on any atom is -1.00 e. The summed E-state index contributed by atoms with van der Waals surface area (Å²) >= 11 is 0. The first-order chi connectivity index (χ1) is 16.5. The molecule has 0 aliphatic carbocycles. The number of quaternary nitrogens is 1. The van der Waals surface area contributed by atoms with Crippen molar-refractivity contribution in [3.63, 3.8) is 0 Å². The van der Waals surface area contributed by atoms with E-state index in [1.807, 2.05) is 30.3 Å². The van der Waals surface area contributed by atoms with Crippen molar-refractivity contribution >= 4 is 5.97 Å². The number of fused-ring (bicyclic) bond motifs is 3. The van der Waals surface area contributed by atoms with Crippen LogP contribution in [0.25, 0.3) is 0 Å². The van der Waals surface area contributed by atoms with Gasteiger partial charge in [0.05, 0.1) is 19.6 Å². The topological polar surface area (TPSA) is 29.5 Å². The summed E-state index contributed by atoms with van der Waals surface area (Å²) in [5.41, 5.74) is 1.05. The number of rotatable bonds is 7. The van der Waals surface area contributed by atoms with E-state index < -0.39 is 5.54 Å². The zero-order valence-corrected chi connectivity index (χ0v) is 22.4. The lowest BCUT2D eigenvalue weighted by Gasteiger charge is -2.53. The zero-order valence-electron chi connectivity index (χ0n) is 20.8. The van der Waals surface area contributed by atoms with Gasteiger partial charge in [-0.1, -0.05) is 55.0 Å². The van der Waals surface area contributed by atoms with Crippen LogP contribution in [0.15, 0.2) is 54.6 Å². The predicted octanol–water partition coefficient (Wildman–Crippen LogP) is 1.93. The molecule has 6 heteroatoms. The Bertz CT molecular complexity index is 989. The molecule has 6 rings (SSSR count). The standard InChI is InChI=1S/C29H38FN2O2.BrH/c1-29(25-11-4-2-5-12-25,31-17-8-3-9-18-31)28(33)34-27-22-32(20-15-24(27)16-21-32)19-14-23-10-6-7-13-26(23)30;/h2,4-7,10-13,24,27H,3,8-9,14-22H2,1H3;1H/q+1;/p-1/t24?,27-,29+,32?;/m0./s1. The molecule has 4 saturated heterocycles. The summed E-state index contributed by atoms with van der Waals surface area (Å²) in [6, 6.07) is 17.3. The van der Waals surface area contributed by atoms with E-state index in [0.29, 0.717) is 5.92 Å². The number of hydrogen-bond acceptors (Lipinski definition) is 3. The van der Waals surface area contributed by atoms with E-state index in [-0.39, 0.29) is 34.9 Å². The maximum atomic E-state index is 14.2. The van der Waals surface area contributed by atoms with Crippen LogP contribution in [-0.4, -0.2) is 60.7 Å². The van der Waals surface area contributed by atoms with Gasteiger partial charge in [-0.2, -0.15) is 0 Å². The molecule has 0 N–H and O–H groups in total. The lowest BCUT2D eigenvalue weighted by Crippen LogP contribution is -3.00. The van der Waals surface area contributed by atoms with Gasteiger partial charge in [0.15, 0.2) is 6.10 Å². The van der Waals surface area contributed by atoms with E-state index in [1.165, 1.54) is 6.42 Å². The summed E-state index contributed by atoms with van der Waals surface area (Å²) < 4.78 is 21.6. The molecular weight excluding hydrogens is 507 g/mol. The molecule has 0 saturated carbocycles. The molecule has 2 bridgehead atoms. The second-order valence-corrected chi connectivity index (χ2v) is 10.8. The summed E-state index contributed by atoms with van der Waals surface area (Å²) in [5, 5.41) is 0. The molecule has 4 fully saturated rings. The van der Waals surface area contributed by atoms with Gasteiger partial charge in [-0.3, -0.25) is 4.90 Å². The SMILES string of the molecule is C[C@](C(=O)O[C@H]1C[N+]2(CCc3ccccc3F)CCC1CC2)(c1ccccc1)N1CCCCC1.[Br-]. The number of benzene rings is 2. The predicted molar refractivity (Wildman–Crippen MR) is 132 cm³/mol.